The minimum atomic E-state index is -4.92. The Morgan fingerprint density at radius 1 is 1.07 bits per heavy atom. The van der Waals surface area contributed by atoms with Crippen molar-refractivity contribution in [2.24, 2.45) is 0 Å². The van der Waals surface area contributed by atoms with E-state index in [9.17, 15) is 22.8 Å². The van der Waals surface area contributed by atoms with E-state index in [-0.39, 0.29) is 25.5 Å². The van der Waals surface area contributed by atoms with Gasteiger partial charge in [-0.15, -0.1) is 0 Å². The quantitative estimate of drug-likeness (QED) is 0.642. The van der Waals surface area contributed by atoms with Gasteiger partial charge >= 0.3 is 12.1 Å². The van der Waals surface area contributed by atoms with Gasteiger partial charge in [0.05, 0.1) is 0 Å². The summed E-state index contributed by atoms with van der Waals surface area (Å²) >= 11 is 0. The summed E-state index contributed by atoms with van der Waals surface area (Å²) in [7, 11) is 0. The molecule has 0 bridgehead atoms. The smallest absolute Gasteiger partial charge is 0.335 e. The molecule has 0 atom stereocenters. The molecule has 0 aliphatic heterocycles. The van der Waals surface area contributed by atoms with Gasteiger partial charge in [0.15, 0.2) is 0 Å². The van der Waals surface area contributed by atoms with Crippen molar-refractivity contribution in [2.45, 2.75) is 33.1 Å². The van der Waals surface area contributed by atoms with Crippen LogP contribution in [-0.4, -0.2) is 34.0 Å². The molecule has 0 aliphatic carbocycles. The van der Waals surface area contributed by atoms with E-state index in [1.54, 1.807) is 24.3 Å². The number of alkyl halides is 3. The predicted octanol–water partition coefficient (Wildman–Crippen LogP) is 4.50. The molecule has 0 fully saturated rings. The van der Waals surface area contributed by atoms with Crippen LogP contribution < -0.4 is 5.32 Å². The number of rotatable bonds is 6. The van der Waals surface area contributed by atoms with Crippen molar-refractivity contribution in [1.29, 1.82) is 0 Å². The number of nitrogens with zero attached hydrogens (tertiary/aromatic N) is 2. The van der Waals surface area contributed by atoms with E-state index in [1.807, 2.05) is 41.8 Å². The van der Waals surface area contributed by atoms with Crippen molar-refractivity contribution in [3.8, 4) is 0 Å². The van der Waals surface area contributed by atoms with E-state index in [0.717, 1.165) is 21.5 Å². The summed E-state index contributed by atoms with van der Waals surface area (Å²) in [5.74, 6) is -2.13. The number of anilines is 1. The van der Waals surface area contributed by atoms with Crippen LogP contribution in [0.3, 0.4) is 0 Å². The summed E-state index contributed by atoms with van der Waals surface area (Å²) in [6, 6.07) is 16.2. The molecule has 30 heavy (non-hydrogen) atoms. The third-order valence-electron chi connectivity index (χ3n) is 4.82. The molecule has 8 heteroatoms. The average molecular weight is 417 g/mol. The van der Waals surface area contributed by atoms with E-state index < -0.39 is 12.1 Å². The van der Waals surface area contributed by atoms with Gasteiger partial charge in [-0.2, -0.15) is 13.2 Å². The predicted molar refractivity (Wildman–Crippen MR) is 109 cm³/mol. The highest BCUT2D eigenvalue weighted by atomic mass is 19.4. The number of nitrogens with one attached hydrogen (secondary N) is 1. The van der Waals surface area contributed by atoms with Crippen molar-refractivity contribution in [3.05, 3.63) is 65.9 Å². The highest BCUT2D eigenvalue weighted by Gasteiger charge is 2.41. The molecule has 0 saturated carbocycles. The molecular formula is C22H22F3N3O2. The molecular weight excluding hydrogens is 395 g/mol. The summed E-state index contributed by atoms with van der Waals surface area (Å²) in [5, 5.41) is 3.82. The maximum absolute atomic E-state index is 12.7. The van der Waals surface area contributed by atoms with E-state index in [4.69, 9.17) is 0 Å². The molecule has 2 aromatic carbocycles. The zero-order valence-electron chi connectivity index (χ0n) is 16.7. The van der Waals surface area contributed by atoms with Crippen molar-refractivity contribution < 1.29 is 22.8 Å². The number of aryl methyl sites for hydroxylation is 1. The maximum Gasteiger partial charge on any atom is 0.471 e. The van der Waals surface area contributed by atoms with E-state index >= 15 is 0 Å². The second kappa shape index (κ2) is 8.61. The summed E-state index contributed by atoms with van der Waals surface area (Å²) < 4.78 is 40.0. The molecule has 3 aromatic rings. The van der Waals surface area contributed by atoms with Crippen LogP contribution in [0.2, 0.25) is 0 Å². The molecule has 0 radical (unpaired) electrons. The zero-order chi connectivity index (χ0) is 21.9. The van der Waals surface area contributed by atoms with Crippen molar-refractivity contribution >= 4 is 28.4 Å². The van der Waals surface area contributed by atoms with Gasteiger partial charge < -0.3 is 14.8 Å². The fourth-order valence-electron chi connectivity index (χ4n) is 3.38. The lowest BCUT2D eigenvalue weighted by Crippen LogP contribution is -2.40. The lowest BCUT2D eigenvalue weighted by Gasteiger charge is -2.22. The third-order valence-corrected chi connectivity index (χ3v) is 4.82. The van der Waals surface area contributed by atoms with Gasteiger partial charge in [0, 0.05) is 30.0 Å². The molecule has 1 aromatic heterocycles. The van der Waals surface area contributed by atoms with Gasteiger partial charge in [0.1, 0.15) is 6.54 Å². The Kier molecular flexibility index (Phi) is 6.14. The van der Waals surface area contributed by atoms with Crippen LogP contribution in [0.15, 0.2) is 54.6 Å². The fourth-order valence-corrected chi connectivity index (χ4v) is 3.38. The number of carbonyl (C=O) groups is 2. The summed E-state index contributed by atoms with van der Waals surface area (Å²) in [5.41, 5.74) is 2.85. The molecule has 5 nitrogen and oxygen atoms in total. The number of hydrogen-bond acceptors (Lipinski definition) is 2. The number of halogens is 3. The number of amides is 2. The molecule has 3 rings (SSSR count). The maximum atomic E-state index is 12.7. The average Bonchev–Trinajstić information content (AvgIpc) is 3.00. The minimum Gasteiger partial charge on any atom is -0.335 e. The Bertz CT molecular complexity index is 1070. The fraction of sp³-hybridized carbons (Fsp3) is 0.273. The number of aromatic nitrogens is 1. The van der Waals surface area contributed by atoms with E-state index in [0.29, 0.717) is 11.3 Å². The zero-order valence-corrected chi connectivity index (χ0v) is 16.7. The van der Waals surface area contributed by atoms with Gasteiger partial charge in [-0.05, 0) is 49.1 Å². The van der Waals surface area contributed by atoms with Gasteiger partial charge in [-0.25, -0.2) is 0 Å². The second-order valence-electron chi connectivity index (χ2n) is 7.00. The van der Waals surface area contributed by atoms with Gasteiger partial charge in [0.2, 0.25) is 5.91 Å². The molecule has 0 spiro atoms. The van der Waals surface area contributed by atoms with Gasteiger partial charge in [0.25, 0.3) is 0 Å². The monoisotopic (exact) mass is 417 g/mol. The third kappa shape index (κ3) is 4.82. The first kappa shape index (κ1) is 21.4. The standard InChI is InChI=1S/C22H22F3N3O2/c1-3-27(21(30)22(23,24)25)13-16-7-6-9-18(12-16)26-20(29)14-28-15(2)11-17-8-4-5-10-19(17)28/h4-12H,3,13-14H2,1-2H3,(H,26,29). The number of fused-ring (bicyclic) bond motifs is 1. The Labute approximate surface area is 172 Å². The normalized spacial score (nSPS) is 11.5. The van der Waals surface area contributed by atoms with E-state index in [2.05, 4.69) is 5.32 Å². The van der Waals surface area contributed by atoms with Gasteiger partial charge in [-0.3, -0.25) is 9.59 Å². The number of para-hydroxylation sites is 1. The molecule has 2 amide bonds. The lowest BCUT2D eigenvalue weighted by molar-refractivity contribution is -0.185. The summed E-state index contributed by atoms with van der Waals surface area (Å²) in [6.45, 7) is 3.25. The first-order valence-corrected chi connectivity index (χ1v) is 9.48. The number of benzene rings is 2. The van der Waals surface area contributed by atoms with E-state index in [1.165, 1.54) is 6.92 Å². The first-order valence-electron chi connectivity index (χ1n) is 9.48. The van der Waals surface area contributed by atoms with Crippen LogP contribution in [0.5, 0.6) is 0 Å². The van der Waals surface area contributed by atoms with Gasteiger partial charge in [-0.1, -0.05) is 30.3 Å². The highest BCUT2D eigenvalue weighted by molar-refractivity contribution is 5.92. The van der Waals surface area contributed by atoms with Crippen molar-refractivity contribution in [1.82, 2.24) is 9.47 Å². The molecule has 1 N–H and O–H groups in total. The molecule has 0 saturated heterocycles. The van der Waals surface area contributed by atoms with Crippen LogP contribution in [-0.2, 0) is 22.7 Å². The second-order valence-corrected chi connectivity index (χ2v) is 7.00. The lowest BCUT2D eigenvalue weighted by atomic mass is 10.2. The number of hydrogen-bond donors (Lipinski definition) is 1. The first-order chi connectivity index (χ1) is 14.2. The number of carbonyl (C=O) groups excluding carboxylic acids is 2. The van der Waals surface area contributed by atoms with Crippen LogP contribution in [0.1, 0.15) is 18.2 Å². The summed E-state index contributed by atoms with van der Waals surface area (Å²) in [4.78, 5) is 24.8. The SMILES string of the molecule is CCN(Cc1cccc(NC(=O)Cn2c(C)cc3ccccc32)c1)C(=O)C(F)(F)F. The van der Waals surface area contributed by atoms with Crippen LogP contribution in [0, 0.1) is 6.92 Å². The van der Waals surface area contributed by atoms with Crippen LogP contribution >= 0.6 is 0 Å². The Morgan fingerprint density at radius 3 is 2.50 bits per heavy atom. The topological polar surface area (TPSA) is 54.3 Å². The Morgan fingerprint density at radius 2 is 1.80 bits per heavy atom. The van der Waals surface area contributed by atoms with Crippen molar-refractivity contribution in [3.63, 3.8) is 0 Å². The largest absolute Gasteiger partial charge is 0.471 e. The highest BCUT2D eigenvalue weighted by Crippen LogP contribution is 2.22. The summed E-state index contributed by atoms with van der Waals surface area (Å²) in [6.07, 6.45) is -4.92. The van der Waals surface area contributed by atoms with Crippen LogP contribution in [0.25, 0.3) is 10.9 Å². The van der Waals surface area contributed by atoms with Crippen molar-refractivity contribution in [2.75, 3.05) is 11.9 Å². The minimum absolute atomic E-state index is 0.0745. The van der Waals surface area contributed by atoms with Crippen LogP contribution in [0.4, 0.5) is 18.9 Å². The molecule has 0 aliphatic rings. The Balaban J connectivity index is 1.71. The molecule has 1 heterocycles. The molecule has 0 unspecified atom stereocenters. The Hall–Kier alpha value is -3.29. The molecule has 158 valence electrons.